The Kier molecular flexibility index (Phi) is 9.76. The Balaban J connectivity index is 1.07. The lowest BCUT2D eigenvalue weighted by molar-refractivity contribution is -0.684. The molecule has 6 rings (SSSR count). The molecule has 5 heterocycles. The van der Waals surface area contributed by atoms with Crippen LogP contribution in [0.25, 0.3) is 0 Å². The number of nitrogens with one attached hydrogen (secondary N) is 2. The van der Waals surface area contributed by atoms with Gasteiger partial charge in [-0.15, -0.1) is 23.1 Å². The minimum Gasteiger partial charge on any atom is -0.543 e. The Bertz CT molecular complexity index is 2010. The number of aromatic hydroxyl groups is 1. The molecule has 258 valence electrons. The van der Waals surface area contributed by atoms with Gasteiger partial charge >= 0.3 is 0 Å². The Morgan fingerprint density at radius 2 is 1.98 bits per heavy atom. The highest BCUT2D eigenvalue weighted by Gasteiger charge is 2.53. The molecule has 1 aromatic carbocycles. The maximum absolute atomic E-state index is 13.3. The number of carboxylic acid groups (broad SMARTS) is 1. The highest BCUT2D eigenvalue weighted by Crippen LogP contribution is 2.41. The molecule has 0 spiro atoms. The summed E-state index contributed by atoms with van der Waals surface area (Å²) >= 11 is 8.12. The molecular formula is C31H27ClN8O8S2. The average Bonchev–Trinajstić information content (AvgIpc) is 3.66. The number of nitrogens with two attached hydrogens (primary N) is 1. The van der Waals surface area contributed by atoms with E-state index in [4.69, 9.17) is 17.3 Å². The van der Waals surface area contributed by atoms with E-state index < -0.39 is 34.9 Å². The number of amides is 4. The van der Waals surface area contributed by atoms with Gasteiger partial charge < -0.3 is 41.5 Å². The van der Waals surface area contributed by atoms with E-state index in [1.807, 2.05) is 0 Å². The maximum Gasteiger partial charge on any atom is 0.290 e. The molecule has 4 amide bonds. The second kappa shape index (κ2) is 14.2. The van der Waals surface area contributed by atoms with Crippen LogP contribution in [0.3, 0.4) is 0 Å². The van der Waals surface area contributed by atoms with Crippen LogP contribution in [0.1, 0.15) is 17.7 Å². The number of benzene rings is 1. The Hall–Kier alpha value is -5.46. The summed E-state index contributed by atoms with van der Waals surface area (Å²) in [5.74, 6) is -3.77. The number of phenolic OH excluding ortho intramolecular Hbond substituents is 1. The van der Waals surface area contributed by atoms with Crippen LogP contribution in [-0.4, -0.2) is 84.1 Å². The summed E-state index contributed by atoms with van der Waals surface area (Å²) in [5, 5.41) is 40.2. The van der Waals surface area contributed by atoms with Gasteiger partial charge in [-0.3, -0.25) is 24.1 Å². The number of halogens is 1. The molecule has 3 aliphatic heterocycles. The SMILES string of the molecule is Nc1nc(/C(=N/O)C(=O)N[C@@H]2C(=O)N3C(C(=O)[O-])=C(/C=C4\CCN(Cc5cc[n+](CC(=O)Nc6ccc(O)c(Cl)c6)cc5)C4=O)CS[C@H]23)cs1. The van der Waals surface area contributed by atoms with Crippen LogP contribution in [0.5, 0.6) is 5.75 Å². The van der Waals surface area contributed by atoms with Gasteiger partial charge in [-0.05, 0) is 41.8 Å². The van der Waals surface area contributed by atoms with Crippen molar-refractivity contribution in [2.75, 3.05) is 23.3 Å². The molecule has 6 N–H and O–H groups in total. The molecule has 50 heavy (non-hydrogen) atoms. The number of thiazole rings is 1. The molecular weight excluding hydrogens is 712 g/mol. The van der Waals surface area contributed by atoms with Crippen molar-refractivity contribution in [1.82, 2.24) is 20.1 Å². The highest BCUT2D eigenvalue weighted by atomic mass is 35.5. The fourth-order valence-corrected chi connectivity index (χ4v) is 7.63. The summed E-state index contributed by atoms with van der Waals surface area (Å²) in [6.45, 7) is 0.670. The summed E-state index contributed by atoms with van der Waals surface area (Å²) in [6.07, 6.45) is 5.24. The first-order valence-corrected chi connectivity index (χ1v) is 17.1. The molecule has 2 atom stereocenters. The average molecular weight is 739 g/mol. The number of allylic oxidation sites excluding steroid dienone is 1. The normalized spacial score (nSPS) is 19.8. The number of oxime groups is 1. The number of fused-ring (bicyclic) bond motifs is 1. The topological polar surface area (TPSA) is 235 Å². The number of carboxylic acids is 1. The zero-order valence-electron chi connectivity index (χ0n) is 25.7. The predicted molar refractivity (Wildman–Crippen MR) is 178 cm³/mol. The first kappa shape index (κ1) is 34.4. The van der Waals surface area contributed by atoms with E-state index in [9.17, 15) is 39.4 Å². The smallest absolute Gasteiger partial charge is 0.290 e. The largest absolute Gasteiger partial charge is 0.543 e. The summed E-state index contributed by atoms with van der Waals surface area (Å²) in [5.41, 5.74) is 6.62. The predicted octanol–water partition coefficient (Wildman–Crippen LogP) is -0.0484. The Morgan fingerprint density at radius 3 is 2.64 bits per heavy atom. The molecule has 0 unspecified atom stereocenters. The van der Waals surface area contributed by atoms with Crippen LogP contribution in [0.2, 0.25) is 5.02 Å². The fraction of sp³-hybridized carbons (Fsp3) is 0.226. The van der Waals surface area contributed by atoms with Crippen molar-refractivity contribution >= 4 is 80.8 Å². The summed E-state index contributed by atoms with van der Waals surface area (Å²) in [4.78, 5) is 70.4. The van der Waals surface area contributed by atoms with E-state index in [2.05, 4.69) is 20.8 Å². The van der Waals surface area contributed by atoms with Gasteiger partial charge in [0.25, 0.3) is 17.7 Å². The van der Waals surface area contributed by atoms with Gasteiger partial charge in [0.2, 0.25) is 12.5 Å². The lowest BCUT2D eigenvalue weighted by atomic mass is 10.0. The molecule has 16 nitrogen and oxygen atoms in total. The number of likely N-dealkylation sites (tertiary alicyclic amines) is 1. The molecule has 0 radical (unpaired) electrons. The van der Waals surface area contributed by atoms with Gasteiger partial charge in [0, 0.05) is 47.6 Å². The van der Waals surface area contributed by atoms with Gasteiger partial charge in [0.05, 0.1) is 16.7 Å². The summed E-state index contributed by atoms with van der Waals surface area (Å²) in [6, 6.07) is 6.79. The van der Waals surface area contributed by atoms with Crippen LogP contribution in [0.4, 0.5) is 10.8 Å². The molecule has 2 fully saturated rings. The van der Waals surface area contributed by atoms with Crippen LogP contribution in [-0.2, 0) is 37.1 Å². The molecule has 0 saturated carbocycles. The number of β-lactam (4-membered cyclic amide) rings is 1. The van der Waals surface area contributed by atoms with Crippen molar-refractivity contribution < 1.29 is 44.0 Å². The van der Waals surface area contributed by atoms with E-state index in [1.54, 1.807) is 34.0 Å². The van der Waals surface area contributed by atoms with Crippen LogP contribution in [0.15, 0.2) is 76.2 Å². The van der Waals surface area contributed by atoms with E-state index in [-0.39, 0.29) is 63.5 Å². The molecule has 2 saturated heterocycles. The number of carbonyl (C=O) groups is 5. The number of thioether (sulfide) groups is 1. The highest BCUT2D eigenvalue weighted by molar-refractivity contribution is 8.00. The van der Waals surface area contributed by atoms with Crippen LogP contribution in [0, 0.1) is 0 Å². The second-order valence-corrected chi connectivity index (χ2v) is 13.7. The lowest BCUT2D eigenvalue weighted by Crippen LogP contribution is -2.71. The minimum atomic E-state index is -1.60. The van der Waals surface area contributed by atoms with Crippen molar-refractivity contribution in [2.45, 2.75) is 30.9 Å². The number of carbonyl (C=O) groups excluding carboxylic acids is 5. The lowest BCUT2D eigenvalue weighted by Gasteiger charge is -2.50. The van der Waals surface area contributed by atoms with Crippen molar-refractivity contribution in [3.63, 3.8) is 0 Å². The minimum absolute atomic E-state index is 0.00971. The number of aromatic nitrogens is 2. The molecule has 3 aliphatic rings. The number of nitrogen functional groups attached to an aromatic ring is 1. The molecule has 2 aromatic heterocycles. The number of anilines is 2. The van der Waals surface area contributed by atoms with Crippen LogP contribution >= 0.6 is 34.7 Å². The monoisotopic (exact) mass is 738 g/mol. The number of rotatable bonds is 10. The first-order valence-electron chi connectivity index (χ1n) is 14.8. The zero-order valence-corrected chi connectivity index (χ0v) is 28.1. The van der Waals surface area contributed by atoms with Gasteiger partial charge in [-0.2, -0.15) is 4.57 Å². The third-order valence-electron chi connectivity index (χ3n) is 8.01. The number of phenols is 1. The standard InChI is InChI=1S/C31H27ClN8O8S2/c32-19-10-18(1-2-21(19)41)34-22(42)12-38-6-3-15(4-7-38)11-39-8-5-16(27(39)44)9-17-13-49-29-24(28(45)40(29)25(17)30(46)47)36-26(43)23(37-48)20-14-50-31(33)35-20/h1-4,6-7,9-10,14,24,29H,5,8,11-13H2,(H6-,33,34,35,36,37,41,42,43,46,47,48)/b16-9+/t24-,29-/m1/s1. The summed E-state index contributed by atoms with van der Waals surface area (Å²) in [7, 11) is 0. The van der Waals surface area contributed by atoms with E-state index >= 15 is 0 Å². The number of hydrogen-bond acceptors (Lipinski definition) is 13. The molecule has 3 aromatic rings. The van der Waals surface area contributed by atoms with Crippen molar-refractivity contribution in [2.24, 2.45) is 5.16 Å². The van der Waals surface area contributed by atoms with Crippen molar-refractivity contribution in [3.8, 4) is 5.75 Å². The van der Waals surface area contributed by atoms with Gasteiger partial charge in [-0.1, -0.05) is 16.8 Å². The van der Waals surface area contributed by atoms with E-state index in [0.29, 0.717) is 24.2 Å². The van der Waals surface area contributed by atoms with Crippen molar-refractivity contribution in [3.05, 3.63) is 87.3 Å². The molecule has 19 heteroatoms. The number of pyridine rings is 1. The quantitative estimate of drug-likeness (QED) is 0.0352. The molecule has 0 bridgehead atoms. The van der Waals surface area contributed by atoms with Gasteiger partial charge in [0.1, 0.15) is 22.9 Å². The third-order valence-corrected chi connectivity index (χ3v) is 10.3. The van der Waals surface area contributed by atoms with Gasteiger partial charge in [0.15, 0.2) is 23.2 Å². The van der Waals surface area contributed by atoms with Gasteiger partial charge in [-0.25, -0.2) is 4.98 Å². The van der Waals surface area contributed by atoms with E-state index in [0.717, 1.165) is 21.8 Å². The van der Waals surface area contributed by atoms with E-state index in [1.165, 1.54) is 41.4 Å². The molecule has 0 aliphatic carbocycles. The summed E-state index contributed by atoms with van der Waals surface area (Å²) < 4.78 is 1.66. The van der Waals surface area contributed by atoms with Crippen molar-refractivity contribution in [1.29, 1.82) is 0 Å². The third kappa shape index (κ3) is 6.98. The fourth-order valence-electron chi connectivity index (χ4n) is 5.59. The number of aliphatic carboxylic acids is 1. The first-order chi connectivity index (χ1) is 23.9. The second-order valence-electron chi connectivity index (χ2n) is 11.3. The Morgan fingerprint density at radius 1 is 1.22 bits per heavy atom. The maximum atomic E-state index is 13.3. The Labute approximate surface area is 296 Å². The number of hydrogen-bond donors (Lipinski definition) is 5. The zero-order chi connectivity index (χ0) is 35.7. The number of nitrogens with zero attached hydrogens (tertiary/aromatic N) is 5. The van der Waals surface area contributed by atoms with Crippen LogP contribution < -0.4 is 26.0 Å².